The lowest BCUT2D eigenvalue weighted by Gasteiger charge is -2.36. The zero-order valence-corrected chi connectivity index (χ0v) is 19.8. The molecule has 0 aromatic heterocycles. The minimum absolute atomic E-state index is 0.00292. The van der Waals surface area contributed by atoms with Gasteiger partial charge in [0, 0.05) is 17.1 Å². The number of ether oxygens (including phenoxy) is 1. The highest BCUT2D eigenvalue weighted by molar-refractivity contribution is 6.35. The van der Waals surface area contributed by atoms with Crippen molar-refractivity contribution in [3.05, 3.63) is 62.4 Å². The number of carboxylic acid groups (broad SMARTS) is 1. The summed E-state index contributed by atoms with van der Waals surface area (Å²) in [7, 11) is 0. The number of carboxylic acids is 1. The van der Waals surface area contributed by atoms with E-state index in [9.17, 15) is 19.6 Å². The number of nitrogens with zero attached hydrogens (tertiary/aromatic N) is 2. The van der Waals surface area contributed by atoms with Crippen molar-refractivity contribution in [1.29, 1.82) is 5.26 Å². The number of hydrogen-bond acceptors (Lipinski definition) is 4. The molecule has 1 N–H and O–H groups in total. The van der Waals surface area contributed by atoms with Crippen LogP contribution in [0.4, 0.5) is 4.39 Å². The van der Waals surface area contributed by atoms with Crippen LogP contribution in [0, 0.1) is 23.1 Å². The van der Waals surface area contributed by atoms with E-state index in [0.29, 0.717) is 33.9 Å². The third-order valence-electron chi connectivity index (χ3n) is 6.67. The fourth-order valence-corrected chi connectivity index (χ4v) is 5.08. The highest BCUT2D eigenvalue weighted by atomic mass is 35.5. The van der Waals surface area contributed by atoms with Gasteiger partial charge in [-0.3, -0.25) is 4.90 Å². The molecule has 0 bridgehead atoms. The van der Waals surface area contributed by atoms with E-state index in [2.05, 4.69) is 11.0 Å². The molecule has 2 fully saturated rings. The van der Waals surface area contributed by atoms with Gasteiger partial charge in [0.15, 0.2) is 0 Å². The van der Waals surface area contributed by atoms with Crippen LogP contribution in [-0.2, 0) is 0 Å². The minimum Gasteiger partial charge on any atom is -0.493 e. The summed E-state index contributed by atoms with van der Waals surface area (Å²) in [5, 5.41) is 19.6. The molecule has 0 radical (unpaired) electrons. The Bertz CT molecular complexity index is 1110. The molecule has 33 heavy (non-hydrogen) atoms. The SMILES string of the molecule is CC(c1cc(Cl)cc(Cl)c1C#N)N1CCC(COc2cc(F)c(C(=O)O)cc2C2CC2)CC1. The van der Waals surface area contributed by atoms with Crippen molar-refractivity contribution in [2.45, 2.75) is 44.6 Å². The summed E-state index contributed by atoms with van der Waals surface area (Å²) < 4.78 is 20.3. The van der Waals surface area contributed by atoms with Crippen molar-refractivity contribution >= 4 is 29.2 Å². The summed E-state index contributed by atoms with van der Waals surface area (Å²) in [5.74, 6) is -1.01. The Labute approximate surface area is 202 Å². The first-order valence-corrected chi connectivity index (χ1v) is 11.9. The lowest BCUT2D eigenvalue weighted by Crippen LogP contribution is -2.37. The molecule has 0 amide bonds. The Balaban J connectivity index is 1.39. The number of halogens is 3. The summed E-state index contributed by atoms with van der Waals surface area (Å²) in [5.41, 5.74) is 1.78. The zero-order chi connectivity index (χ0) is 23.7. The summed E-state index contributed by atoms with van der Waals surface area (Å²) in [6, 6.07) is 8.23. The van der Waals surface area contributed by atoms with Crippen molar-refractivity contribution in [1.82, 2.24) is 4.90 Å². The van der Waals surface area contributed by atoms with Crippen LogP contribution in [0.15, 0.2) is 24.3 Å². The van der Waals surface area contributed by atoms with Crippen molar-refractivity contribution in [3.63, 3.8) is 0 Å². The van der Waals surface area contributed by atoms with Crippen molar-refractivity contribution in [2.75, 3.05) is 19.7 Å². The summed E-state index contributed by atoms with van der Waals surface area (Å²) in [6.45, 7) is 4.16. The first-order valence-electron chi connectivity index (χ1n) is 11.1. The highest BCUT2D eigenvalue weighted by Crippen LogP contribution is 2.45. The van der Waals surface area contributed by atoms with Crippen LogP contribution < -0.4 is 4.74 Å². The highest BCUT2D eigenvalue weighted by Gasteiger charge is 2.30. The monoisotopic (exact) mass is 490 g/mol. The Morgan fingerprint density at radius 1 is 1.24 bits per heavy atom. The molecule has 1 atom stereocenters. The number of aromatic carboxylic acids is 1. The molecule has 1 unspecified atom stereocenters. The van der Waals surface area contributed by atoms with Crippen molar-refractivity contribution in [2.24, 2.45) is 5.92 Å². The lowest BCUT2D eigenvalue weighted by molar-refractivity contribution is 0.0691. The van der Waals surface area contributed by atoms with E-state index in [0.717, 1.165) is 49.9 Å². The van der Waals surface area contributed by atoms with E-state index < -0.39 is 11.8 Å². The second-order valence-corrected chi connectivity index (χ2v) is 9.72. The number of likely N-dealkylation sites (tertiary alicyclic amines) is 1. The van der Waals surface area contributed by atoms with Gasteiger partial charge in [-0.1, -0.05) is 23.2 Å². The molecular weight excluding hydrogens is 466 g/mol. The second-order valence-electron chi connectivity index (χ2n) is 8.88. The topological polar surface area (TPSA) is 73.6 Å². The van der Waals surface area contributed by atoms with Gasteiger partial charge in [-0.25, -0.2) is 9.18 Å². The van der Waals surface area contributed by atoms with Crippen LogP contribution >= 0.6 is 23.2 Å². The second kappa shape index (κ2) is 9.89. The molecule has 2 aromatic carbocycles. The number of rotatable bonds is 7. The van der Waals surface area contributed by atoms with Gasteiger partial charge < -0.3 is 9.84 Å². The standard InChI is InChI=1S/C25H25Cl2FN2O3/c1-14(18-8-17(26)9-22(27)21(18)12-29)30-6-4-15(5-7-30)13-33-24-11-23(28)20(25(31)32)10-19(24)16-2-3-16/h8-11,14-16H,2-7,13H2,1H3,(H,31,32). The van der Waals surface area contributed by atoms with Crippen molar-refractivity contribution in [3.8, 4) is 11.8 Å². The summed E-state index contributed by atoms with van der Waals surface area (Å²) in [6.07, 6.45) is 3.73. The lowest BCUT2D eigenvalue weighted by atomic mass is 9.94. The first-order chi connectivity index (χ1) is 15.8. The maximum atomic E-state index is 14.2. The quantitative estimate of drug-likeness (QED) is 0.483. The predicted molar refractivity (Wildman–Crippen MR) is 125 cm³/mol. The Morgan fingerprint density at radius 2 is 1.94 bits per heavy atom. The van der Waals surface area contributed by atoms with Crippen LogP contribution in [0.3, 0.4) is 0 Å². The van der Waals surface area contributed by atoms with E-state index in [4.69, 9.17) is 27.9 Å². The molecule has 0 spiro atoms. The fraction of sp³-hybridized carbons (Fsp3) is 0.440. The molecule has 174 valence electrons. The third kappa shape index (κ3) is 5.27. The zero-order valence-electron chi connectivity index (χ0n) is 18.3. The smallest absolute Gasteiger partial charge is 0.338 e. The molecule has 1 aliphatic heterocycles. The van der Waals surface area contributed by atoms with Gasteiger partial charge in [0.2, 0.25) is 0 Å². The van der Waals surface area contributed by atoms with E-state index in [1.807, 2.05) is 6.92 Å². The average molecular weight is 491 g/mol. The summed E-state index contributed by atoms with van der Waals surface area (Å²) in [4.78, 5) is 13.6. The maximum Gasteiger partial charge on any atom is 0.338 e. The van der Waals surface area contributed by atoms with Gasteiger partial charge in [-0.2, -0.15) is 5.26 Å². The molecule has 2 aromatic rings. The minimum atomic E-state index is -1.26. The van der Waals surface area contributed by atoms with Crippen LogP contribution in [0.5, 0.6) is 5.75 Å². The molecular formula is C25H25Cl2FN2O3. The van der Waals surface area contributed by atoms with Crippen molar-refractivity contribution < 1.29 is 19.0 Å². The number of piperidine rings is 1. The molecule has 1 heterocycles. The van der Waals surface area contributed by atoms with E-state index >= 15 is 0 Å². The number of nitriles is 1. The Morgan fingerprint density at radius 3 is 2.55 bits per heavy atom. The molecule has 5 nitrogen and oxygen atoms in total. The normalized spacial score (nSPS) is 18.0. The maximum absolute atomic E-state index is 14.2. The molecule has 1 saturated heterocycles. The first kappa shape index (κ1) is 23.8. The molecule has 1 aliphatic carbocycles. The van der Waals surface area contributed by atoms with Gasteiger partial charge in [-0.15, -0.1) is 0 Å². The Kier molecular flexibility index (Phi) is 7.13. The van der Waals surface area contributed by atoms with Gasteiger partial charge in [0.1, 0.15) is 17.6 Å². The van der Waals surface area contributed by atoms with Crippen LogP contribution in [-0.4, -0.2) is 35.7 Å². The van der Waals surface area contributed by atoms with E-state index in [-0.39, 0.29) is 17.5 Å². The predicted octanol–water partition coefficient (Wildman–Crippen LogP) is 6.43. The van der Waals surface area contributed by atoms with Gasteiger partial charge in [-0.05, 0) is 86.9 Å². The third-order valence-corrected chi connectivity index (χ3v) is 7.18. The summed E-state index contributed by atoms with van der Waals surface area (Å²) >= 11 is 12.4. The Hall–Kier alpha value is -2.33. The van der Waals surface area contributed by atoms with E-state index in [1.165, 1.54) is 12.1 Å². The van der Waals surface area contributed by atoms with Crippen LogP contribution in [0.25, 0.3) is 0 Å². The molecule has 1 saturated carbocycles. The largest absolute Gasteiger partial charge is 0.493 e. The average Bonchev–Trinajstić information content (AvgIpc) is 3.62. The van der Waals surface area contributed by atoms with Gasteiger partial charge >= 0.3 is 5.97 Å². The van der Waals surface area contributed by atoms with E-state index in [1.54, 1.807) is 12.1 Å². The molecule has 8 heteroatoms. The van der Waals surface area contributed by atoms with Gasteiger partial charge in [0.05, 0.1) is 22.8 Å². The number of hydrogen-bond donors (Lipinski definition) is 1. The van der Waals surface area contributed by atoms with Crippen LogP contribution in [0.1, 0.15) is 71.6 Å². The number of carbonyl (C=O) groups is 1. The molecule has 2 aliphatic rings. The van der Waals surface area contributed by atoms with Gasteiger partial charge in [0.25, 0.3) is 0 Å². The molecule has 4 rings (SSSR count). The fourth-order valence-electron chi connectivity index (χ4n) is 4.53. The van der Waals surface area contributed by atoms with Crippen LogP contribution in [0.2, 0.25) is 10.0 Å². The number of benzene rings is 2.